The Balaban J connectivity index is 1.09. The molecule has 3 aromatic carbocycles. The Morgan fingerprint density at radius 2 is 1.49 bits per heavy atom. The number of piperazine rings is 1. The zero-order chi connectivity index (χ0) is 24.2. The van der Waals surface area contributed by atoms with Gasteiger partial charge in [-0.3, -0.25) is 14.5 Å². The van der Waals surface area contributed by atoms with Crippen molar-refractivity contribution in [2.75, 3.05) is 42.9 Å². The number of carbonyl (C=O) groups is 2. The predicted octanol–water partition coefficient (Wildman–Crippen LogP) is 4.46. The quantitative estimate of drug-likeness (QED) is 0.559. The van der Waals surface area contributed by atoms with Crippen LogP contribution in [0, 0.1) is 0 Å². The van der Waals surface area contributed by atoms with Crippen molar-refractivity contribution in [2.45, 2.75) is 13.0 Å². The second kappa shape index (κ2) is 10.2. The molecule has 35 heavy (non-hydrogen) atoms. The van der Waals surface area contributed by atoms with Gasteiger partial charge in [0.2, 0.25) is 5.91 Å². The van der Waals surface area contributed by atoms with Crippen LogP contribution in [0.3, 0.4) is 0 Å². The summed E-state index contributed by atoms with van der Waals surface area (Å²) in [5, 5.41) is 2.95. The van der Waals surface area contributed by atoms with E-state index in [9.17, 15) is 9.59 Å². The number of nitrogens with zero attached hydrogens (tertiary/aromatic N) is 3. The van der Waals surface area contributed by atoms with Gasteiger partial charge in [-0.15, -0.1) is 0 Å². The SMILES string of the molecule is C=C1c2ccccc2C(=O)N1CCC(=O)Nc1ccc(N2CCN(Cc3ccccc3)CC2)cc1. The molecule has 5 rings (SSSR count). The Bertz CT molecular complexity index is 1180. The molecule has 2 aliphatic heterocycles. The van der Waals surface area contributed by atoms with E-state index < -0.39 is 0 Å². The molecule has 1 N–H and O–H groups in total. The van der Waals surface area contributed by atoms with Crippen LogP contribution in [0.2, 0.25) is 0 Å². The van der Waals surface area contributed by atoms with Crippen molar-refractivity contribution >= 4 is 28.9 Å². The number of anilines is 2. The van der Waals surface area contributed by atoms with Crippen LogP contribution in [-0.2, 0) is 11.3 Å². The van der Waals surface area contributed by atoms with Crippen LogP contribution in [-0.4, -0.2) is 54.3 Å². The lowest BCUT2D eigenvalue weighted by Gasteiger charge is -2.36. The number of hydrogen-bond acceptors (Lipinski definition) is 4. The van der Waals surface area contributed by atoms with E-state index in [0.29, 0.717) is 17.8 Å². The molecule has 0 saturated carbocycles. The van der Waals surface area contributed by atoms with Crippen LogP contribution in [0.15, 0.2) is 85.4 Å². The molecule has 1 saturated heterocycles. The Hall–Kier alpha value is -3.90. The lowest BCUT2D eigenvalue weighted by molar-refractivity contribution is -0.116. The lowest BCUT2D eigenvalue weighted by Crippen LogP contribution is -2.45. The van der Waals surface area contributed by atoms with E-state index in [0.717, 1.165) is 44.0 Å². The van der Waals surface area contributed by atoms with Gasteiger partial charge in [-0.25, -0.2) is 0 Å². The van der Waals surface area contributed by atoms with Crippen molar-refractivity contribution < 1.29 is 9.59 Å². The van der Waals surface area contributed by atoms with Crippen LogP contribution >= 0.6 is 0 Å². The van der Waals surface area contributed by atoms with E-state index in [1.807, 2.05) is 30.3 Å². The van der Waals surface area contributed by atoms with E-state index in [1.54, 1.807) is 11.0 Å². The van der Waals surface area contributed by atoms with E-state index in [2.05, 4.69) is 64.2 Å². The van der Waals surface area contributed by atoms with Crippen molar-refractivity contribution in [3.63, 3.8) is 0 Å². The number of rotatable bonds is 7. The third-order valence-corrected chi connectivity index (χ3v) is 6.74. The molecule has 0 radical (unpaired) electrons. The van der Waals surface area contributed by atoms with E-state index in [-0.39, 0.29) is 18.2 Å². The Morgan fingerprint density at radius 3 is 2.17 bits per heavy atom. The van der Waals surface area contributed by atoms with Crippen LogP contribution in [0.5, 0.6) is 0 Å². The first-order valence-electron chi connectivity index (χ1n) is 12.1. The van der Waals surface area contributed by atoms with Gasteiger partial charge >= 0.3 is 0 Å². The molecule has 0 unspecified atom stereocenters. The number of carbonyl (C=O) groups excluding carboxylic acids is 2. The number of fused-ring (bicyclic) bond motifs is 1. The van der Waals surface area contributed by atoms with Gasteiger partial charge < -0.3 is 15.1 Å². The normalized spacial score (nSPS) is 15.9. The third kappa shape index (κ3) is 5.12. The Morgan fingerprint density at radius 1 is 0.829 bits per heavy atom. The minimum Gasteiger partial charge on any atom is -0.369 e. The molecule has 178 valence electrons. The maximum atomic E-state index is 12.6. The molecule has 2 amide bonds. The standard InChI is InChI=1S/C29H30N4O2/c1-22-26-9-5-6-10-27(26)29(35)33(22)16-15-28(34)30-24-11-13-25(14-12-24)32-19-17-31(18-20-32)21-23-7-3-2-4-8-23/h2-14H,1,15-21H2,(H,30,34). The van der Waals surface area contributed by atoms with E-state index >= 15 is 0 Å². The Kier molecular flexibility index (Phi) is 6.64. The third-order valence-electron chi connectivity index (χ3n) is 6.74. The fourth-order valence-electron chi connectivity index (χ4n) is 4.77. The van der Waals surface area contributed by atoms with Gasteiger partial charge in [0.1, 0.15) is 0 Å². The number of nitrogens with one attached hydrogen (secondary N) is 1. The summed E-state index contributed by atoms with van der Waals surface area (Å²) in [5.41, 5.74) is 5.43. The molecule has 0 spiro atoms. The first kappa shape index (κ1) is 22.9. The smallest absolute Gasteiger partial charge is 0.258 e. The fraction of sp³-hybridized carbons (Fsp3) is 0.241. The van der Waals surface area contributed by atoms with Crippen molar-refractivity contribution in [2.24, 2.45) is 0 Å². The topological polar surface area (TPSA) is 55.9 Å². The highest BCUT2D eigenvalue weighted by Crippen LogP contribution is 2.31. The zero-order valence-electron chi connectivity index (χ0n) is 19.8. The summed E-state index contributed by atoms with van der Waals surface area (Å²) in [4.78, 5) is 31.6. The maximum absolute atomic E-state index is 12.6. The van der Waals surface area contributed by atoms with Gasteiger partial charge in [0, 0.05) is 73.9 Å². The van der Waals surface area contributed by atoms with Gasteiger partial charge in [0.15, 0.2) is 0 Å². The van der Waals surface area contributed by atoms with Crippen LogP contribution in [0.25, 0.3) is 5.70 Å². The largest absolute Gasteiger partial charge is 0.369 e. The predicted molar refractivity (Wildman–Crippen MR) is 140 cm³/mol. The maximum Gasteiger partial charge on any atom is 0.258 e. The molecule has 0 atom stereocenters. The molecular weight excluding hydrogens is 436 g/mol. The number of amides is 2. The molecule has 1 fully saturated rings. The number of benzene rings is 3. The van der Waals surface area contributed by atoms with Gasteiger partial charge in [-0.05, 0) is 35.9 Å². The van der Waals surface area contributed by atoms with Gasteiger partial charge in [0.05, 0.1) is 0 Å². The second-order valence-electron chi connectivity index (χ2n) is 9.04. The molecule has 6 heteroatoms. The monoisotopic (exact) mass is 466 g/mol. The van der Waals surface area contributed by atoms with Crippen molar-refractivity contribution in [1.82, 2.24) is 9.80 Å². The molecule has 6 nitrogen and oxygen atoms in total. The minimum atomic E-state index is -0.121. The van der Waals surface area contributed by atoms with Gasteiger partial charge in [-0.2, -0.15) is 0 Å². The molecule has 2 heterocycles. The van der Waals surface area contributed by atoms with E-state index in [4.69, 9.17) is 0 Å². The summed E-state index contributed by atoms with van der Waals surface area (Å²) in [6.45, 7) is 9.34. The molecule has 3 aromatic rings. The average Bonchev–Trinajstić information content (AvgIpc) is 3.14. The van der Waals surface area contributed by atoms with Gasteiger partial charge in [0.25, 0.3) is 5.91 Å². The first-order chi connectivity index (χ1) is 17.1. The average molecular weight is 467 g/mol. The summed E-state index contributed by atoms with van der Waals surface area (Å²) in [6, 6.07) is 26.0. The zero-order valence-corrected chi connectivity index (χ0v) is 19.8. The minimum absolute atomic E-state index is 0.0911. The summed E-state index contributed by atoms with van der Waals surface area (Å²) in [5.74, 6) is -0.213. The highest BCUT2D eigenvalue weighted by Gasteiger charge is 2.30. The lowest BCUT2D eigenvalue weighted by atomic mass is 10.1. The fourth-order valence-corrected chi connectivity index (χ4v) is 4.77. The van der Waals surface area contributed by atoms with E-state index in [1.165, 1.54) is 11.3 Å². The van der Waals surface area contributed by atoms with Gasteiger partial charge in [-0.1, -0.05) is 55.1 Å². The first-order valence-corrected chi connectivity index (χ1v) is 12.1. The molecule has 2 aliphatic rings. The molecule has 0 aromatic heterocycles. The van der Waals surface area contributed by atoms with Crippen molar-refractivity contribution in [3.05, 3.63) is 102 Å². The summed E-state index contributed by atoms with van der Waals surface area (Å²) in [7, 11) is 0. The molecule has 0 aliphatic carbocycles. The van der Waals surface area contributed by atoms with Crippen molar-refractivity contribution in [3.8, 4) is 0 Å². The van der Waals surface area contributed by atoms with Crippen LogP contribution in [0.4, 0.5) is 11.4 Å². The van der Waals surface area contributed by atoms with Crippen LogP contribution < -0.4 is 10.2 Å². The second-order valence-corrected chi connectivity index (χ2v) is 9.04. The Labute approximate surface area is 206 Å². The van der Waals surface area contributed by atoms with Crippen LogP contribution in [0.1, 0.15) is 27.9 Å². The highest BCUT2D eigenvalue weighted by atomic mass is 16.2. The molecular formula is C29H30N4O2. The highest BCUT2D eigenvalue weighted by molar-refractivity contribution is 6.09. The summed E-state index contributed by atoms with van der Waals surface area (Å²) < 4.78 is 0. The molecule has 0 bridgehead atoms. The van der Waals surface area contributed by atoms with Crippen molar-refractivity contribution in [1.29, 1.82) is 0 Å². The summed E-state index contributed by atoms with van der Waals surface area (Å²) >= 11 is 0. The number of hydrogen-bond donors (Lipinski definition) is 1. The summed E-state index contributed by atoms with van der Waals surface area (Å²) in [6.07, 6.45) is 0.212.